The molecular formula is C31H39N7O5S. The molecule has 3 amide bonds. The Morgan fingerprint density at radius 1 is 0.750 bits per heavy atom. The first kappa shape index (κ1) is 32.6. The molecule has 12 nitrogen and oxygen atoms in total. The average Bonchev–Trinajstić information content (AvgIpc) is 3.63. The lowest BCUT2D eigenvalue weighted by Gasteiger charge is -2.25. The standard InChI is InChI=1S/C31H39N7O5S/c32-12-6-5-11-25(36-28(39)22(33)17-44)29(40)37-26(13-18-15-34-23-9-3-1-7-20(18)23)30(41)38-27(31(42)43)14-19-16-35-24-10-4-2-8-21(19)24/h1-4,7-10,15-16,22,25-27,34-35,44H,5-6,11-14,17,32-33H2,(H,36,39)(H,37,40)(H,38,41)(H,42,43). The van der Waals surface area contributed by atoms with Crippen molar-refractivity contribution < 1.29 is 24.3 Å². The van der Waals surface area contributed by atoms with Gasteiger partial charge in [-0.15, -0.1) is 0 Å². The van der Waals surface area contributed by atoms with Crippen molar-refractivity contribution in [1.82, 2.24) is 25.9 Å². The average molecular weight is 622 g/mol. The van der Waals surface area contributed by atoms with Crippen LogP contribution in [0.4, 0.5) is 0 Å². The second kappa shape index (κ2) is 15.4. The van der Waals surface area contributed by atoms with E-state index in [9.17, 15) is 24.3 Å². The van der Waals surface area contributed by atoms with Gasteiger partial charge in [0.15, 0.2) is 0 Å². The summed E-state index contributed by atoms with van der Waals surface area (Å²) in [5, 5.41) is 19.8. The molecule has 0 radical (unpaired) electrons. The minimum Gasteiger partial charge on any atom is -0.480 e. The number of carbonyl (C=O) groups excluding carboxylic acids is 3. The molecule has 0 fully saturated rings. The number of carboxylic acids is 1. The van der Waals surface area contributed by atoms with Crippen LogP contribution in [0.2, 0.25) is 0 Å². The van der Waals surface area contributed by atoms with Crippen molar-refractivity contribution in [2.24, 2.45) is 11.5 Å². The highest BCUT2D eigenvalue weighted by Crippen LogP contribution is 2.21. The van der Waals surface area contributed by atoms with E-state index in [4.69, 9.17) is 11.5 Å². The molecule has 0 aliphatic rings. The summed E-state index contributed by atoms with van der Waals surface area (Å²) in [4.78, 5) is 58.5. The van der Waals surface area contributed by atoms with Gasteiger partial charge in [-0.2, -0.15) is 12.6 Å². The number of unbranched alkanes of at least 4 members (excludes halogenated alkanes) is 1. The maximum Gasteiger partial charge on any atom is 0.326 e. The van der Waals surface area contributed by atoms with E-state index < -0.39 is 47.9 Å². The maximum absolute atomic E-state index is 13.8. The Balaban J connectivity index is 1.58. The van der Waals surface area contributed by atoms with Crippen molar-refractivity contribution in [3.05, 3.63) is 72.1 Å². The van der Waals surface area contributed by atoms with Gasteiger partial charge in [0.25, 0.3) is 0 Å². The van der Waals surface area contributed by atoms with E-state index >= 15 is 0 Å². The van der Waals surface area contributed by atoms with Crippen molar-refractivity contribution in [2.45, 2.75) is 56.3 Å². The Hall–Kier alpha value is -4.33. The van der Waals surface area contributed by atoms with Crippen LogP contribution in [-0.2, 0) is 32.0 Å². The number of hydrogen-bond donors (Lipinski definition) is 9. The Kier molecular flexibility index (Phi) is 11.4. The molecule has 234 valence electrons. The summed E-state index contributed by atoms with van der Waals surface area (Å²) in [5.41, 5.74) is 14.6. The Bertz CT molecular complexity index is 1600. The molecule has 44 heavy (non-hydrogen) atoms. The minimum atomic E-state index is -1.27. The Labute approximate surface area is 260 Å². The number of rotatable bonds is 16. The lowest BCUT2D eigenvalue weighted by molar-refractivity contribution is -0.142. The lowest BCUT2D eigenvalue weighted by Crippen LogP contribution is -2.58. The molecule has 4 aromatic rings. The number of nitrogens with two attached hydrogens (primary N) is 2. The van der Waals surface area contributed by atoms with Crippen molar-refractivity contribution in [2.75, 3.05) is 12.3 Å². The van der Waals surface area contributed by atoms with Crippen LogP contribution in [0.1, 0.15) is 30.4 Å². The summed E-state index contributed by atoms with van der Waals surface area (Å²) >= 11 is 4.07. The van der Waals surface area contributed by atoms with E-state index in [1.807, 2.05) is 48.5 Å². The van der Waals surface area contributed by atoms with Gasteiger partial charge in [0.2, 0.25) is 17.7 Å². The molecule has 0 saturated carbocycles. The van der Waals surface area contributed by atoms with E-state index in [1.165, 1.54) is 0 Å². The number of amides is 3. The van der Waals surface area contributed by atoms with Gasteiger partial charge in [-0.1, -0.05) is 36.4 Å². The predicted molar refractivity (Wildman–Crippen MR) is 172 cm³/mol. The first-order valence-electron chi connectivity index (χ1n) is 14.5. The zero-order valence-electron chi connectivity index (χ0n) is 24.2. The molecule has 0 aliphatic heterocycles. The summed E-state index contributed by atoms with van der Waals surface area (Å²) < 4.78 is 0. The normalized spacial score (nSPS) is 14.1. The molecule has 0 aliphatic carbocycles. The molecule has 2 heterocycles. The number of carbonyl (C=O) groups is 4. The molecule has 4 rings (SSSR count). The number of hydrogen-bond acceptors (Lipinski definition) is 7. The summed E-state index contributed by atoms with van der Waals surface area (Å²) in [7, 11) is 0. The molecule has 0 bridgehead atoms. The number of aliphatic carboxylic acids is 1. The molecule has 0 saturated heterocycles. The largest absolute Gasteiger partial charge is 0.480 e. The van der Waals surface area contributed by atoms with E-state index in [-0.39, 0.29) is 25.0 Å². The molecule has 10 N–H and O–H groups in total. The van der Waals surface area contributed by atoms with Gasteiger partial charge in [0, 0.05) is 52.8 Å². The van der Waals surface area contributed by atoms with Gasteiger partial charge in [-0.25, -0.2) is 4.79 Å². The molecular weight excluding hydrogens is 582 g/mol. The van der Waals surface area contributed by atoms with E-state index in [1.54, 1.807) is 12.4 Å². The fraction of sp³-hybridized carbons (Fsp3) is 0.355. The number of aromatic amines is 2. The van der Waals surface area contributed by atoms with Crippen LogP contribution in [0.3, 0.4) is 0 Å². The number of H-pyrrole nitrogens is 2. The first-order valence-corrected chi connectivity index (χ1v) is 15.2. The van der Waals surface area contributed by atoms with E-state index in [0.29, 0.717) is 19.4 Å². The zero-order chi connectivity index (χ0) is 31.6. The van der Waals surface area contributed by atoms with Gasteiger partial charge in [0.1, 0.15) is 18.1 Å². The zero-order valence-corrected chi connectivity index (χ0v) is 25.1. The number of thiol groups is 1. The highest BCUT2D eigenvalue weighted by molar-refractivity contribution is 7.80. The third-order valence-corrected chi connectivity index (χ3v) is 7.95. The van der Waals surface area contributed by atoms with Gasteiger partial charge in [-0.05, 0) is 49.1 Å². The van der Waals surface area contributed by atoms with Crippen molar-refractivity contribution in [3.8, 4) is 0 Å². The SMILES string of the molecule is NCCCCC(NC(=O)C(N)CS)C(=O)NC(Cc1c[nH]c2ccccc12)C(=O)NC(Cc1c[nH]c2ccccc12)C(=O)O. The minimum absolute atomic E-state index is 0.0260. The van der Waals surface area contributed by atoms with Crippen molar-refractivity contribution in [3.63, 3.8) is 0 Å². The van der Waals surface area contributed by atoms with Crippen LogP contribution >= 0.6 is 12.6 Å². The first-order chi connectivity index (χ1) is 21.2. The number of benzene rings is 2. The summed E-state index contributed by atoms with van der Waals surface area (Å²) in [6.45, 7) is 0.414. The van der Waals surface area contributed by atoms with Gasteiger partial charge >= 0.3 is 5.97 Å². The van der Waals surface area contributed by atoms with Gasteiger partial charge in [0.05, 0.1) is 6.04 Å². The lowest BCUT2D eigenvalue weighted by atomic mass is 10.0. The second-order valence-corrected chi connectivity index (χ2v) is 11.1. The predicted octanol–water partition coefficient (Wildman–Crippen LogP) is 1.36. The van der Waals surface area contributed by atoms with Crippen molar-refractivity contribution >= 4 is 58.1 Å². The van der Waals surface area contributed by atoms with E-state index in [0.717, 1.165) is 32.9 Å². The van der Waals surface area contributed by atoms with Crippen LogP contribution in [0.25, 0.3) is 21.8 Å². The van der Waals surface area contributed by atoms with Crippen LogP contribution in [-0.4, -0.2) is 75.2 Å². The topological polar surface area (TPSA) is 208 Å². The van der Waals surface area contributed by atoms with Crippen LogP contribution in [0.15, 0.2) is 60.9 Å². The fourth-order valence-electron chi connectivity index (χ4n) is 5.12. The van der Waals surface area contributed by atoms with Gasteiger partial charge < -0.3 is 42.5 Å². The van der Waals surface area contributed by atoms with Crippen LogP contribution in [0.5, 0.6) is 0 Å². The molecule has 0 spiro atoms. The Morgan fingerprint density at radius 2 is 1.25 bits per heavy atom. The van der Waals surface area contributed by atoms with Crippen LogP contribution < -0.4 is 27.4 Å². The van der Waals surface area contributed by atoms with Gasteiger partial charge in [-0.3, -0.25) is 14.4 Å². The second-order valence-electron chi connectivity index (χ2n) is 10.7. The smallest absolute Gasteiger partial charge is 0.326 e. The monoisotopic (exact) mass is 621 g/mol. The van der Waals surface area contributed by atoms with Crippen molar-refractivity contribution in [1.29, 1.82) is 0 Å². The van der Waals surface area contributed by atoms with Crippen LogP contribution in [0, 0.1) is 0 Å². The highest BCUT2D eigenvalue weighted by atomic mass is 32.1. The molecule has 13 heteroatoms. The summed E-state index contributed by atoms with van der Waals surface area (Å²) in [6.07, 6.45) is 5.03. The number of aromatic nitrogens is 2. The highest BCUT2D eigenvalue weighted by Gasteiger charge is 2.31. The summed E-state index contributed by atoms with van der Waals surface area (Å²) in [5.74, 6) is -2.94. The molecule has 4 unspecified atom stereocenters. The third kappa shape index (κ3) is 8.18. The quantitative estimate of drug-likeness (QED) is 0.0662. The maximum atomic E-state index is 13.8. The molecule has 4 atom stereocenters. The number of nitrogens with one attached hydrogen (secondary N) is 5. The molecule has 2 aromatic heterocycles. The number of carboxylic acid groups (broad SMARTS) is 1. The van der Waals surface area contributed by atoms with E-state index in [2.05, 4.69) is 38.5 Å². The fourth-order valence-corrected chi connectivity index (χ4v) is 5.28. The molecule has 2 aromatic carbocycles. The number of fused-ring (bicyclic) bond motifs is 2. The third-order valence-electron chi connectivity index (χ3n) is 7.56. The summed E-state index contributed by atoms with van der Waals surface area (Å²) in [6, 6.07) is 10.7. The Morgan fingerprint density at radius 3 is 1.80 bits per heavy atom. The number of para-hydroxylation sites is 2.